The summed E-state index contributed by atoms with van der Waals surface area (Å²) in [4.78, 5) is 9.90. The summed E-state index contributed by atoms with van der Waals surface area (Å²) in [6.07, 6.45) is 5.88. The molecule has 0 aromatic carbocycles. The van der Waals surface area contributed by atoms with Gasteiger partial charge >= 0.3 is 5.97 Å². The summed E-state index contributed by atoms with van der Waals surface area (Å²) in [5, 5.41) is 10.9. The summed E-state index contributed by atoms with van der Waals surface area (Å²) < 4.78 is 0. The Balaban J connectivity index is -0.000000214. The molecule has 0 saturated carbocycles. The van der Waals surface area contributed by atoms with Gasteiger partial charge in [-0.3, -0.25) is 4.79 Å². The molecule has 0 amide bonds. The van der Waals surface area contributed by atoms with E-state index in [-0.39, 0.29) is 19.0 Å². The standard InChI is InChI=1S/C6H13NO2.C5H11Cl.ClH/c1-2-3-4-7-5-6(8)9;1-2-3-4-5-6;/h7H,2-5H2,1H3,(H,8,9);2-5H2,1H3;1H. The molecule has 16 heavy (non-hydrogen) atoms. The van der Waals surface area contributed by atoms with E-state index in [2.05, 4.69) is 19.2 Å². The molecule has 0 spiro atoms. The predicted molar refractivity (Wildman–Crippen MR) is 72.9 cm³/mol. The molecular formula is C11H25Cl2NO2. The maximum atomic E-state index is 9.90. The number of unbranched alkanes of at least 4 members (excludes halogenated alkanes) is 3. The van der Waals surface area contributed by atoms with Crippen LogP contribution < -0.4 is 5.32 Å². The topological polar surface area (TPSA) is 49.3 Å². The molecule has 0 fully saturated rings. The Hall–Kier alpha value is 0.01000. The molecule has 0 aliphatic rings. The normalized spacial score (nSPS) is 8.69. The number of carbonyl (C=O) groups is 1. The molecule has 3 nitrogen and oxygen atoms in total. The van der Waals surface area contributed by atoms with Gasteiger partial charge in [-0.05, 0) is 19.4 Å². The first kappa shape index (κ1) is 21.3. The first-order valence-electron chi connectivity index (χ1n) is 5.67. The van der Waals surface area contributed by atoms with E-state index in [0.29, 0.717) is 0 Å². The Morgan fingerprint density at radius 3 is 2.06 bits per heavy atom. The smallest absolute Gasteiger partial charge is 0.317 e. The van der Waals surface area contributed by atoms with E-state index >= 15 is 0 Å². The highest BCUT2D eigenvalue weighted by Crippen LogP contribution is 1.93. The quantitative estimate of drug-likeness (QED) is 0.527. The molecule has 0 aromatic heterocycles. The highest BCUT2D eigenvalue weighted by atomic mass is 35.5. The number of halogens is 2. The Morgan fingerprint density at radius 1 is 1.19 bits per heavy atom. The minimum Gasteiger partial charge on any atom is -0.480 e. The molecule has 0 aliphatic heterocycles. The van der Waals surface area contributed by atoms with Gasteiger partial charge in [0.05, 0.1) is 6.54 Å². The van der Waals surface area contributed by atoms with Crippen molar-refractivity contribution in [1.29, 1.82) is 0 Å². The molecule has 0 rings (SSSR count). The van der Waals surface area contributed by atoms with Crippen molar-refractivity contribution in [3.63, 3.8) is 0 Å². The van der Waals surface area contributed by atoms with E-state index in [1.165, 1.54) is 19.3 Å². The fourth-order valence-corrected chi connectivity index (χ4v) is 1.03. The van der Waals surface area contributed by atoms with Crippen molar-refractivity contribution in [2.45, 2.75) is 46.0 Å². The van der Waals surface area contributed by atoms with Gasteiger partial charge < -0.3 is 10.4 Å². The van der Waals surface area contributed by atoms with Gasteiger partial charge in [-0.1, -0.05) is 33.1 Å². The molecule has 100 valence electrons. The molecule has 0 saturated heterocycles. The fraction of sp³-hybridized carbons (Fsp3) is 0.909. The Kier molecular flexibility index (Phi) is 27.2. The van der Waals surface area contributed by atoms with Gasteiger partial charge in [0.2, 0.25) is 0 Å². The molecule has 0 heterocycles. The number of alkyl halides is 1. The van der Waals surface area contributed by atoms with E-state index in [1.807, 2.05) is 0 Å². The van der Waals surface area contributed by atoms with Gasteiger partial charge in [-0.2, -0.15) is 0 Å². The molecule has 0 unspecified atom stereocenters. The van der Waals surface area contributed by atoms with Gasteiger partial charge in [0.15, 0.2) is 0 Å². The summed E-state index contributed by atoms with van der Waals surface area (Å²) >= 11 is 5.38. The second-order valence-electron chi connectivity index (χ2n) is 3.32. The van der Waals surface area contributed by atoms with Crippen LogP contribution >= 0.6 is 24.0 Å². The molecular weight excluding hydrogens is 249 g/mol. The van der Waals surface area contributed by atoms with E-state index < -0.39 is 5.97 Å². The zero-order valence-corrected chi connectivity index (χ0v) is 11.9. The summed E-state index contributed by atoms with van der Waals surface area (Å²) in [7, 11) is 0. The van der Waals surface area contributed by atoms with Gasteiger partial charge in [-0.25, -0.2) is 0 Å². The predicted octanol–water partition coefficient (Wildman–Crippen LogP) is 3.30. The largest absolute Gasteiger partial charge is 0.480 e. The average molecular weight is 274 g/mol. The third-order valence-corrected chi connectivity index (χ3v) is 1.99. The third kappa shape index (κ3) is 29.2. The molecule has 5 heteroatoms. The van der Waals surface area contributed by atoms with Crippen molar-refractivity contribution in [3.8, 4) is 0 Å². The first-order chi connectivity index (χ1) is 7.18. The third-order valence-electron chi connectivity index (χ3n) is 1.72. The lowest BCUT2D eigenvalue weighted by atomic mass is 10.3. The average Bonchev–Trinajstić information content (AvgIpc) is 2.22. The zero-order chi connectivity index (χ0) is 11.9. The minimum atomic E-state index is -0.786. The van der Waals surface area contributed by atoms with Crippen molar-refractivity contribution in [2.24, 2.45) is 0 Å². The lowest BCUT2D eigenvalue weighted by molar-refractivity contribution is -0.135. The maximum absolute atomic E-state index is 9.90. The number of aliphatic carboxylic acids is 1. The van der Waals surface area contributed by atoms with E-state index in [9.17, 15) is 4.79 Å². The van der Waals surface area contributed by atoms with E-state index in [0.717, 1.165) is 25.3 Å². The van der Waals surface area contributed by atoms with Crippen LogP contribution in [-0.4, -0.2) is 30.0 Å². The SMILES string of the molecule is CCCCCCl.CCCCNCC(=O)O.Cl. The highest BCUT2D eigenvalue weighted by Gasteiger charge is 1.91. The van der Waals surface area contributed by atoms with E-state index in [4.69, 9.17) is 16.7 Å². The maximum Gasteiger partial charge on any atom is 0.317 e. The highest BCUT2D eigenvalue weighted by molar-refractivity contribution is 6.17. The van der Waals surface area contributed by atoms with Crippen molar-refractivity contribution in [3.05, 3.63) is 0 Å². The van der Waals surface area contributed by atoms with Crippen molar-refractivity contribution in [2.75, 3.05) is 19.0 Å². The Morgan fingerprint density at radius 2 is 1.75 bits per heavy atom. The van der Waals surface area contributed by atoms with Crippen LogP contribution in [0.3, 0.4) is 0 Å². The molecule has 0 radical (unpaired) electrons. The van der Waals surface area contributed by atoms with Gasteiger partial charge in [0, 0.05) is 5.88 Å². The number of hydrogen-bond acceptors (Lipinski definition) is 2. The number of carboxylic acids is 1. The number of nitrogens with one attached hydrogen (secondary N) is 1. The second-order valence-corrected chi connectivity index (χ2v) is 3.70. The molecule has 0 aromatic rings. The Bertz CT molecular complexity index is 131. The van der Waals surface area contributed by atoms with Crippen molar-refractivity contribution < 1.29 is 9.90 Å². The Labute approximate surface area is 110 Å². The van der Waals surface area contributed by atoms with E-state index in [1.54, 1.807) is 0 Å². The lowest BCUT2D eigenvalue weighted by Crippen LogP contribution is -2.23. The summed E-state index contributed by atoms with van der Waals surface area (Å²) in [5.74, 6) is 0.0412. The fourth-order valence-electron chi connectivity index (χ4n) is 0.842. The zero-order valence-electron chi connectivity index (χ0n) is 10.3. The van der Waals surface area contributed by atoms with Gasteiger partial charge in [0.1, 0.15) is 0 Å². The molecule has 0 atom stereocenters. The molecule has 2 N–H and O–H groups in total. The van der Waals surface area contributed by atoms with Gasteiger partial charge in [-0.15, -0.1) is 24.0 Å². The number of rotatable bonds is 8. The summed E-state index contributed by atoms with van der Waals surface area (Å²) in [6, 6.07) is 0. The van der Waals surface area contributed by atoms with Gasteiger partial charge in [0.25, 0.3) is 0 Å². The van der Waals surface area contributed by atoms with Crippen LogP contribution in [0, 0.1) is 0 Å². The monoisotopic (exact) mass is 273 g/mol. The summed E-state index contributed by atoms with van der Waals surface area (Å²) in [6.45, 7) is 5.14. The van der Waals surface area contributed by atoms with Crippen LogP contribution in [0.2, 0.25) is 0 Å². The van der Waals surface area contributed by atoms with Crippen LogP contribution in [0.1, 0.15) is 46.0 Å². The van der Waals surface area contributed by atoms with Crippen molar-refractivity contribution >= 4 is 30.0 Å². The molecule has 0 bridgehead atoms. The van der Waals surface area contributed by atoms with Crippen LogP contribution in [0.15, 0.2) is 0 Å². The van der Waals surface area contributed by atoms with Crippen LogP contribution in [0.4, 0.5) is 0 Å². The minimum absolute atomic E-state index is 0. The number of hydrogen-bond donors (Lipinski definition) is 2. The number of carboxylic acid groups (broad SMARTS) is 1. The lowest BCUT2D eigenvalue weighted by Gasteiger charge is -1.96. The first-order valence-corrected chi connectivity index (χ1v) is 6.20. The van der Waals surface area contributed by atoms with Crippen LogP contribution in [-0.2, 0) is 4.79 Å². The summed E-state index contributed by atoms with van der Waals surface area (Å²) in [5.41, 5.74) is 0. The van der Waals surface area contributed by atoms with Crippen LogP contribution in [0.5, 0.6) is 0 Å². The second kappa shape index (κ2) is 20.4. The van der Waals surface area contributed by atoms with Crippen LogP contribution in [0.25, 0.3) is 0 Å². The molecule has 0 aliphatic carbocycles. The van der Waals surface area contributed by atoms with Crippen molar-refractivity contribution in [1.82, 2.24) is 5.32 Å².